The lowest BCUT2D eigenvalue weighted by Gasteiger charge is -2.33. The number of imide groups is 1. The number of rotatable bonds is 12. The third kappa shape index (κ3) is 5.60. The van der Waals surface area contributed by atoms with Crippen LogP contribution in [0.5, 0.6) is 0 Å². The van der Waals surface area contributed by atoms with E-state index in [9.17, 15) is 14.4 Å². The second-order valence-corrected chi connectivity index (χ2v) is 6.83. The Balaban J connectivity index is 1.71. The van der Waals surface area contributed by atoms with Gasteiger partial charge < -0.3 is 18.9 Å². The quantitative estimate of drug-likeness (QED) is 0.303. The zero-order valence-electron chi connectivity index (χ0n) is 16.6. The van der Waals surface area contributed by atoms with Gasteiger partial charge in [0.1, 0.15) is 13.2 Å². The highest BCUT2D eigenvalue weighted by Crippen LogP contribution is 2.29. The molecule has 0 saturated carbocycles. The van der Waals surface area contributed by atoms with Gasteiger partial charge in [-0.05, 0) is 32.9 Å². The van der Waals surface area contributed by atoms with Crippen molar-refractivity contribution in [1.29, 1.82) is 0 Å². The fraction of sp³-hybridized carbons (Fsp3) is 0.550. The summed E-state index contributed by atoms with van der Waals surface area (Å²) in [6.07, 6.45) is 0. The number of esters is 1. The van der Waals surface area contributed by atoms with Gasteiger partial charge in [0.15, 0.2) is 0 Å². The molecule has 2 rings (SSSR count). The molecule has 0 spiro atoms. The van der Waals surface area contributed by atoms with Crippen LogP contribution in [0.15, 0.2) is 24.3 Å². The third-order valence-electron chi connectivity index (χ3n) is 4.14. The normalized spacial score (nSPS) is 13.8. The number of fused-ring (bicyclic) bond motifs is 1. The van der Waals surface area contributed by atoms with E-state index in [-0.39, 0.29) is 38.2 Å². The Morgan fingerprint density at radius 1 is 0.929 bits per heavy atom. The first-order valence-corrected chi connectivity index (χ1v) is 9.25. The summed E-state index contributed by atoms with van der Waals surface area (Å²) in [5, 5.41) is 0. The minimum absolute atomic E-state index is 0.0123. The van der Waals surface area contributed by atoms with E-state index in [2.05, 4.69) is 0 Å². The minimum Gasteiger partial charge on any atom is -0.462 e. The summed E-state index contributed by atoms with van der Waals surface area (Å²) >= 11 is 0. The topological polar surface area (TPSA) is 91.4 Å². The van der Waals surface area contributed by atoms with Gasteiger partial charge in [-0.2, -0.15) is 0 Å². The van der Waals surface area contributed by atoms with Crippen molar-refractivity contribution in [3.8, 4) is 0 Å². The van der Waals surface area contributed by atoms with E-state index < -0.39 is 11.5 Å². The van der Waals surface area contributed by atoms with Gasteiger partial charge in [-0.3, -0.25) is 14.5 Å². The van der Waals surface area contributed by atoms with Crippen molar-refractivity contribution in [2.75, 3.05) is 46.2 Å². The van der Waals surface area contributed by atoms with E-state index in [4.69, 9.17) is 18.9 Å². The van der Waals surface area contributed by atoms with Crippen LogP contribution in [0.3, 0.4) is 0 Å². The molecule has 0 unspecified atom stereocenters. The molecule has 154 valence electrons. The molecule has 2 amide bonds. The summed E-state index contributed by atoms with van der Waals surface area (Å²) in [5.74, 6) is -1.26. The van der Waals surface area contributed by atoms with E-state index >= 15 is 0 Å². The molecule has 0 aromatic heterocycles. The summed E-state index contributed by atoms with van der Waals surface area (Å²) in [5.41, 5.74) is -0.149. The van der Waals surface area contributed by atoms with E-state index in [1.807, 2.05) is 6.92 Å². The molecule has 8 nitrogen and oxygen atoms in total. The van der Waals surface area contributed by atoms with Crippen molar-refractivity contribution in [2.24, 2.45) is 0 Å². The molecule has 1 aliphatic heterocycles. The lowest BCUT2D eigenvalue weighted by molar-refractivity contribution is -0.151. The Hall–Kier alpha value is -2.29. The van der Waals surface area contributed by atoms with Crippen molar-refractivity contribution in [3.63, 3.8) is 0 Å². The van der Waals surface area contributed by atoms with Crippen LogP contribution >= 0.6 is 0 Å². The van der Waals surface area contributed by atoms with Crippen LogP contribution in [0.4, 0.5) is 0 Å². The smallest absolute Gasteiger partial charge is 0.332 e. The molecule has 0 radical (unpaired) electrons. The minimum atomic E-state index is -0.907. The van der Waals surface area contributed by atoms with Gasteiger partial charge >= 0.3 is 5.97 Å². The van der Waals surface area contributed by atoms with Crippen LogP contribution in [0.2, 0.25) is 0 Å². The van der Waals surface area contributed by atoms with Crippen molar-refractivity contribution in [2.45, 2.75) is 26.3 Å². The lowest BCUT2D eigenvalue weighted by Crippen LogP contribution is -2.50. The molecule has 1 aromatic carbocycles. The SMILES string of the molecule is CCOCCOCCOC(=O)COCC(C)(C)N1C(=O)c2ccccc2C1=O. The molecule has 0 bridgehead atoms. The van der Waals surface area contributed by atoms with Crippen LogP contribution in [-0.4, -0.2) is 74.5 Å². The van der Waals surface area contributed by atoms with Crippen LogP contribution in [0, 0.1) is 0 Å². The number of carbonyl (C=O) groups excluding carboxylic acids is 3. The fourth-order valence-electron chi connectivity index (χ4n) is 2.81. The van der Waals surface area contributed by atoms with Crippen molar-refractivity contribution in [3.05, 3.63) is 35.4 Å². The predicted molar refractivity (Wildman–Crippen MR) is 100 cm³/mol. The van der Waals surface area contributed by atoms with E-state index in [1.54, 1.807) is 38.1 Å². The van der Waals surface area contributed by atoms with Gasteiger partial charge in [0.2, 0.25) is 0 Å². The number of carbonyl (C=O) groups is 3. The Kier molecular flexibility index (Phi) is 8.10. The van der Waals surface area contributed by atoms with Crippen LogP contribution in [0.25, 0.3) is 0 Å². The van der Waals surface area contributed by atoms with E-state index in [0.29, 0.717) is 30.9 Å². The molecular formula is C20H27NO7. The zero-order chi connectivity index (χ0) is 20.6. The van der Waals surface area contributed by atoms with Gasteiger partial charge in [-0.15, -0.1) is 0 Å². The molecule has 0 atom stereocenters. The Morgan fingerprint density at radius 3 is 2.11 bits per heavy atom. The first-order chi connectivity index (χ1) is 13.4. The van der Waals surface area contributed by atoms with Crippen molar-refractivity contribution in [1.82, 2.24) is 4.90 Å². The molecule has 8 heteroatoms. The van der Waals surface area contributed by atoms with E-state index in [0.717, 1.165) is 0 Å². The maximum Gasteiger partial charge on any atom is 0.332 e. The third-order valence-corrected chi connectivity index (χ3v) is 4.14. The molecule has 0 N–H and O–H groups in total. The molecule has 0 saturated heterocycles. The maximum atomic E-state index is 12.6. The van der Waals surface area contributed by atoms with Crippen molar-refractivity contribution >= 4 is 17.8 Å². The van der Waals surface area contributed by atoms with Gasteiger partial charge in [-0.25, -0.2) is 4.79 Å². The highest BCUT2D eigenvalue weighted by Gasteiger charge is 2.44. The average molecular weight is 393 g/mol. The number of amides is 2. The summed E-state index contributed by atoms with van der Waals surface area (Å²) in [7, 11) is 0. The summed E-state index contributed by atoms with van der Waals surface area (Å²) in [6.45, 7) is 7.04. The molecular weight excluding hydrogens is 366 g/mol. The predicted octanol–water partition coefficient (Wildman–Crippen LogP) is 1.67. The number of hydrogen-bond donors (Lipinski definition) is 0. The highest BCUT2D eigenvalue weighted by atomic mass is 16.6. The zero-order valence-corrected chi connectivity index (χ0v) is 16.6. The second kappa shape index (κ2) is 10.3. The Morgan fingerprint density at radius 2 is 1.50 bits per heavy atom. The molecule has 1 aromatic rings. The Labute approximate surface area is 164 Å². The first kappa shape index (κ1) is 22.0. The largest absolute Gasteiger partial charge is 0.462 e. The van der Waals surface area contributed by atoms with Crippen LogP contribution in [-0.2, 0) is 23.7 Å². The monoisotopic (exact) mass is 393 g/mol. The number of hydrogen-bond acceptors (Lipinski definition) is 7. The highest BCUT2D eigenvalue weighted by molar-refractivity contribution is 6.21. The van der Waals surface area contributed by atoms with Crippen molar-refractivity contribution < 1.29 is 33.3 Å². The standard InChI is InChI=1S/C20H27NO7/c1-4-25-9-10-26-11-12-28-17(22)13-27-14-20(2,3)21-18(23)15-7-5-6-8-16(15)19(21)24/h5-8H,4,9-14H2,1-3H3. The molecule has 0 aliphatic carbocycles. The van der Waals surface area contributed by atoms with Gasteiger partial charge in [0, 0.05) is 6.61 Å². The molecule has 28 heavy (non-hydrogen) atoms. The van der Waals surface area contributed by atoms with E-state index in [1.165, 1.54) is 4.90 Å². The number of nitrogens with zero attached hydrogens (tertiary/aromatic N) is 1. The van der Waals surface area contributed by atoms with Gasteiger partial charge in [-0.1, -0.05) is 12.1 Å². The molecule has 0 fully saturated rings. The second-order valence-electron chi connectivity index (χ2n) is 6.83. The summed E-state index contributed by atoms with van der Waals surface area (Å²) in [6, 6.07) is 6.68. The summed E-state index contributed by atoms with van der Waals surface area (Å²) < 4.78 is 20.8. The number of ether oxygens (including phenoxy) is 4. The van der Waals surface area contributed by atoms with Crippen LogP contribution in [0.1, 0.15) is 41.5 Å². The maximum absolute atomic E-state index is 12.6. The van der Waals surface area contributed by atoms with Gasteiger partial charge in [0.05, 0.1) is 43.1 Å². The first-order valence-electron chi connectivity index (χ1n) is 9.25. The lowest BCUT2D eigenvalue weighted by atomic mass is 10.0. The summed E-state index contributed by atoms with van der Waals surface area (Å²) in [4.78, 5) is 38.0. The molecule has 1 heterocycles. The Bertz CT molecular complexity index is 667. The number of benzene rings is 1. The average Bonchev–Trinajstić information content (AvgIpc) is 2.92. The molecule has 1 aliphatic rings. The van der Waals surface area contributed by atoms with Gasteiger partial charge in [0.25, 0.3) is 11.8 Å². The van der Waals surface area contributed by atoms with Crippen LogP contribution < -0.4 is 0 Å². The fourth-order valence-corrected chi connectivity index (χ4v) is 2.81.